The van der Waals surface area contributed by atoms with Crippen molar-refractivity contribution in [3.05, 3.63) is 47.9 Å². The van der Waals surface area contributed by atoms with Crippen LogP contribution >= 0.6 is 0 Å². The predicted molar refractivity (Wildman–Crippen MR) is 58.4 cm³/mol. The van der Waals surface area contributed by atoms with Crippen LogP contribution in [0.3, 0.4) is 0 Å². The molecule has 0 amide bonds. The minimum Gasteiger partial charge on any atom is -0.284 e. The molecule has 1 aromatic heterocycles. The third kappa shape index (κ3) is 2.65. The van der Waals surface area contributed by atoms with Gasteiger partial charge in [-0.05, 0) is 18.2 Å². The van der Waals surface area contributed by atoms with Gasteiger partial charge in [-0.25, -0.2) is 17.4 Å². The van der Waals surface area contributed by atoms with Gasteiger partial charge in [-0.1, -0.05) is 0 Å². The quantitative estimate of drug-likeness (QED) is 0.870. The Morgan fingerprint density at radius 2 is 1.83 bits per heavy atom. The third-order valence-electron chi connectivity index (χ3n) is 1.94. The highest BCUT2D eigenvalue weighted by Gasteiger charge is 2.15. The Labute approximate surface area is 102 Å². The molecule has 18 heavy (non-hydrogen) atoms. The number of aromatic nitrogens is 2. The first-order valence-electron chi connectivity index (χ1n) is 4.68. The lowest BCUT2D eigenvalue weighted by Crippen LogP contribution is -2.09. The second-order valence-electron chi connectivity index (χ2n) is 3.18. The van der Waals surface area contributed by atoms with Crippen molar-refractivity contribution in [2.24, 2.45) is 0 Å². The smallest absolute Gasteiger partial charge is 0.161 e. The van der Waals surface area contributed by atoms with E-state index in [1.165, 1.54) is 18.3 Å². The molecule has 8 heteroatoms. The van der Waals surface area contributed by atoms with E-state index >= 15 is 0 Å². The Hall–Kier alpha value is -1.96. The first kappa shape index (κ1) is 12.5. The maximum atomic E-state index is 13.3. The summed E-state index contributed by atoms with van der Waals surface area (Å²) in [5, 5.41) is 7.08. The number of nitrogens with zero attached hydrogens (tertiary/aromatic N) is 2. The number of hydrogen-bond donors (Lipinski definition) is 1. The fourth-order valence-corrected chi connectivity index (χ4v) is 2.01. The lowest BCUT2D eigenvalue weighted by atomic mass is 10.3. The van der Waals surface area contributed by atoms with E-state index in [-0.39, 0.29) is 5.82 Å². The number of benzene rings is 1. The van der Waals surface area contributed by atoms with Gasteiger partial charge in [-0.3, -0.25) is 4.72 Å². The largest absolute Gasteiger partial charge is 0.284 e. The number of halogens is 3. The molecule has 0 fully saturated rings. The van der Waals surface area contributed by atoms with Crippen LogP contribution in [0.5, 0.6) is 0 Å². The molecule has 1 heterocycles. The summed E-state index contributed by atoms with van der Waals surface area (Å²) in [5.41, 5.74) is 0. The van der Waals surface area contributed by atoms with Crippen molar-refractivity contribution in [1.82, 2.24) is 10.2 Å². The molecule has 0 bridgehead atoms. The van der Waals surface area contributed by atoms with Crippen molar-refractivity contribution in [3.8, 4) is 0 Å². The van der Waals surface area contributed by atoms with E-state index < -0.39 is 33.3 Å². The Morgan fingerprint density at radius 1 is 1.11 bits per heavy atom. The van der Waals surface area contributed by atoms with Gasteiger partial charge in [-0.2, -0.15) is 5.10 Å². The van der Waals surface area contributed by atoms with Crippen LogP contribution in [0.15, 0.2) is 35.4 Å². The van der Waals surface area contributed by atoms with E-state index in [4.69, 9.17) is 0 Å². The van der Waals surface area contributed by atoms with Gasteiger partial charge in [-0.15, -0.1) is 5.10 Å². The maximum Gasteiger partial charge on any atom is 0.161 e. The maximum absolute atomic E-state index is 13.3. The Kier molecular flexibility index (Phi) is 3.56. The van der Waals surface area contributed by atoms with Crippen molar-refractivity contribution in [2.75, 3.05) is 4.72 Å². The fourth-order valence-electron chi connectivity index (χ4n) is 1.15. The molecule has 0 aliphatic carbocycles. The third-order valence-corrected chi connectivity index (χ3v) is 3.05. The van der Waals surface area contributed by atoms with Crippen LogP contribution < -0.4 is 4.72 Å². The molecule has 1 atom stereocenters. The zero-order valence-corrected chi connectivity index (χ0v) is 9.55. The van der Waals surface area contributed by atoms with Crippen LogP contribution in [0.25, 0.3) is 0 Å². The van der Waals surface area contributed by atoms with Crippen molar-refractivity contribution in [2.45, 2.75) is 4.90 Å². The molecule has 0 spiro atoms. The van der Waals surface area contributed by atoms with Gasteiger partial charge in [0, 0.05) is 12.3 Å². The van der Waals surface area contributed by atoms with Crippen LogP contribution in [0, 0.1) is 17.5 Å². The summed E-state index contributed by atoms with van der Waals surface area (Å²) in [5.74, 6) is -3.60. The van der Waals surface area contributed by atoms with E-state index in [1.807, 2.05) is 0 Å². The van der Waals surface area contributed by atoms with E-state index in [0.29, 0.717) is 12.1 Å². The Bertz CT molecular complexity index is 594. The standard InChI is InChI=1S/C10H6F3N3OS/c11-6-4-8(13)9(5-7(6)12)18(17)16-10-2-1-3-14-15-10/h1-5H,(H,15,16). The Morgan fingerprint density at radius 3 is 2.50 bits per heavy atom. The number of rotatable bonds is 3. The first-order chi connectivity index (χ1) is 8.58. The molecular formula is C10H6F3N3OS. The molecular weight excluding hydrogens is 267 g/mol. The van der Waals surface area contributed by atoms with Gasteiger partial charge < -0.3 is 0 Å². The summed E-state index contributed by atoms with van der Waals surface area (Å²) >= 11 is 0. The number of anilines is 1. The number of nitrogens with one attached hydrogen (secondary N) is 1. The molecule has 1 N–H and O–H groups in total. The molecule has 1 aromatic carbocycles. The highest BCUT2D eigenvalue weighted by atomic mass is 32.2. The summed E-state index contributed by atoms with van der Waals surface area (Å²) in [6.45, 7) is 0. The summed E-state index contributed by atoms with van der Waals surface area (Å²) in [7, 11) is -2.10. The molecule has 0 saturated carbocycles. The summed E-state index contributed by atoms with van der Waals surface area (Å²) in [6.07, 6.45) is 1.40. The monoisotopic (exact) mass is 273 g/mol. The summed E-state index contributed by atoms with van der Waals surface area (Å²) in [6, 6.07) is 3.84. The van der Waals surface area contributed by atoms with E-state index in [1.54, 1.807) is 0 Å². The van der Waals surface area contributed by atoms with Crippen molar-refractivity contribution in [3.63, 3.8) is 0 Å². The highest BCUT2D eigenvalue weighted by molar-refractivity contribution is 7.86. The molecule has 4 nitrogen and oxygen atoms in total. The first-order valence-corrected chi connectivity index (χ1v) is 5.83. The second-order valence-corrected chi connectivity index (χ2v) is 4.36. The van der Waals surface area contributed by atoms with Gasteiger partial charge in [0.1, 0.15) is 5.82 Å². The lowest BCUT2D eigenvalue weighted by molar-refractivity contribution is 0.485. The normalized spacial score (nSPS) is 12.2. The van der Waals surface area contributed by atoms with Gasteiger partial charge in [0.2, 0.25) is 0 Å². The number of hydrogen-bond acceptors (Lipinski definition) is 3. The molecule has 0 aliphatic heterocycles. The SMILES string of the molecule is O=S(Nc1cccnn1)c1cc(F)c(F)cc1F. The molecule has 2 aromatic rings. The zero-order valence-electron chi connectivity index (χ0n) is 8.73. The van der Waals surface area contributed by atoms with Crippen LogP contribution in [-0.4, -0.2) is 14.4 Å². The minimum atomic E-state index is -2.10. The topological polar surface area (TPSA) is 54.9 Å². The minimum absolute atomic E-state index is 0.125. The second kappa shape index (κ2) is 5.13. The zero-order chi connectivity index (χ0) is 13.1. The predicted octanol–water partition coefficient (Wildman–Crippen LogP) is 2.03. The molecule has 0 radical (unpaired) electrons. The van der Waals surface area contributed by atoms with Crippen molar-refractivity contribution in [1.29, 1.82) is 0 Å². The highest BCUT2D eigenvalue weighted by Crippen LogP contribution is 2.18. The fraction of sp³-hybridized carbons (Fsp3) is 0. The van der Waals surface area contributed by atoms with Gasteiger partial charge in [0.15, 0.2) is 28.4 Å². The molecule has 0 saturated heterocycles. The van der Waals surface area contributed by atoms with E-state index in [0.717, 1.165) is 0 Å². The van der Waals surface area contributed by atoms with Gasteiger partial charge in [0.05, 0.1) is 4.90 Å². The molecule has 0 aliphatic rings. The summed E-state index contributed by atoms with van der Waals surface area (Å²) in [4.78, 5) is -0.500. The van der Waals surface area contributed by atoms with Crippen molar-refractivity contribution < 1.29 is 17.4 Å². The average Bonchev–Trinajstić information content (AvgIpc) is 2.35. The van der Waals surface area contributed by atoms with Crippen molar-refractivity contribution >= 4 is 16.8 Å². The van der Waals surface area contributed by atoms with Crippen LogP contribution in [0.1, 0.15) is 0 Å². The lowest BCUT2D eigenvalue weighted by Gasteiger charge is -2.05. The Balaban J connectivity index is 2.27. The van der Waals surface area contributed by atoms with E-state index in [9.17, 15) is 17.4 Å². The average molecular weight is 273 g/mol. The van der Waals surface area contributed by atoms with Gasteiger partial charge >= 0.3 is 0 Å². The van der Waals surface area contributed by atoms with E-state index in [2.05, 4.69) is 14.9 Å². The van der Waals surface area contributed by atoms with Gasteiger partial charge in [0.25, 0.3) is 0 Å². The summed E-state index contributed by atoms with van der Waals surface area (Å²) < 4.78 is 52.9. The van der Waals surface area contributed by atoms with Crippen LogP contribution in [0.2, 0.25) is 0 Å². The molecule has 2 rings (SSSR count). The van der Waals surface area contributed by atoms with Crippen LogP contribution in [0.4, 0.5) is 19.0 Å². The van der Waals surface area contributed by atoms with Crippen LogP contribution in [-0.2, 0) is 11.0 Å². The molecule has 1 unspecified atom stereocenters. The molecule has 94 valence electrons.